The SMILES string of the molecule is CC(C)CNC(=O)[C@@H](Cc1ccccc1)N(Cc1ccccc1Cl)C(=O)CN(c1ccc(Br)cc1)S(C)(=O)=O. The molecule has 39 heavy (non-hydrogen) atoms. The molecule has 0 saturated carbocycles. The van der Waals surface area contributed by atoms with Gasteiger partial charge in [0.25, 0.3) is 0 Å². The second kappa shape index (κ2) is 14.0. The molecule has 0 aliphatic heterocycles. The molecule has 2 amide bonds. The molecule has 7 nitrogen and oxygen atoms in total. The number of halogens is 2. The number of hydrogen-bond donors (Lipinski definition) is 1. The topological polar surface area (TPSA) is 86.8 Å². The lowest BCUT2D eigenvalue weighted by atomic mass is 10.0. The molecule has 208 valence electrons. The van der Waals surface area contributed by atoms with Gasteiger partial charge in [-0.15, -0.1) is 0 Å². The molecule has 10 heteroatoms. The molecule has 0 heterocycles. The van der Waals surface area contributed by atoms with Crippen molar-refractivity contribution in [3.63, 3.8) is 0 Å². The molecular weight excluding hydrogens is 602 g/mol. The Hall–Kier alpha value is -2.88. The highest BCUT2D eigenvalue weighted by Crippen LogP contribution is 2.24. The molecule has 0 unspecified atom stereocenters. The van der Waals surface area contributed by atoms with Gasteiger partial charge in [0.1, 0.15) is 12.6 Å². The number of sulfonamides is 1. The number of nitrogens with one attached hydrogen (secondary N) is 1. The summed E-state index contributed by atoms with van der Waals surface area (Å²) in [5.74, 6) is -0.636. The standard InChI is InChI=1S/C29H33BrClN3O4S/c1-21(2)18-32-29(36)27(17-22-9-5-4-6-10-22)33(19-23-11-7-8-12-26(23)31)28(35)20-34(39(3,37)38)25-15-13-24(30)14-16-25/h4-16,21,27H,17-20H2,1-3H3,(H,32,36)/t27-/m1/s1. The molecule has 3 rings (SSSR count). The Morgan fingerprint density at radius 1 is 0.949 bits per heavy atom. The van der Waals surface area contributed by atoms with Crippen molar-refractivity contribution >= 4 is 55.1 Å². The predicted octanol–water partition coefficient (Wildman–Crippen LogP) is 5.28. The molecule has 1 N–H and O–H groups in total. The van der Waals surface area contributed by atoms with Gasteiger partial charge in [0.2, 0.25) is 21.8 Å². The number of anilines is 1. The highest BCUT2D eigenvalue weighted by atomic mass is 79.9. The normalized spacial score (nSPS) is 12.2. The third-order valence-corrected chi connectivity index (χ3v) is 8.09. The van der Waals surface area contributed by atoms with E-state index in [1.807, 2.05) is 44.2 Å². The van der Waals surface area contributed by atoms with Gasteiger partial charge in [0.05, 0.1) is 11.9 Å². The zero-order chi connectivity index (χ0) is 28.6. The van der Waals surface area contributed by atoms with E-state index in [9.17, 15) is 18.0 Å². The third kappa shape index (κ3) is 9.08. The maximum atomic E-state index is 14.0. The minimum Gasteiger partial charge on any atom is -0.354 e. The molecule has 0 saturated heterocycles. The summed E-state index contributed by atoms with van der Waals surface area (Å²) >= 11 is 9.81. The first-order chi connectivity index (χ1) is 18.5. The Morgan fingerprint density at radius 2 is 1.56 bits per heavy atom. The van der Waals surface area contributed by atoms with Crippen molar-refractivity contribution in [3.8, 4) is 0 Å². The van der Waals surface area contributed by atoms with Crippen LogP contribution >= 0.6 is 27.5 Å². The summed E-state index contributed by atoms with van der Waals surface area (Å²) in [5, 5.41) is 3.41. The first-order valence-electron chi connectivity index (χ1n) is 12.5. The zero-order valence-electron chi connectivity index (χ0n) is 22.2. The lowest BCUT2D eigenvalue weighted by molar-refractivity contribution is -0.140. The minimum absolute atomic E-state index is 0.0308. The average molecular weight is 635 g/mol. The lowest BCUT2D eigenvalue weighted by Crippen LogP contribution is -2.53. The summed E-state index contributed by atoms with van der Waals surface area (Å²) in [7, 11) is -3.82. The highest BCUT2D eigenvalue weighted by Gasteiger charge is 2.33. The van der Waals surface area contributed by atoms with Crippen LogP contribution in [0, 0.1) is 5.92 Å². The first-order valence-corrected chi connectivity index (χ1v) is 15.6. The Labute approximate surface area is 244 Å². The van der Waals surface area contributed by atoms with E-state index in [0.29, 0.717) is 22.8 Å². The molecule has 1 atom stereocenters. The first kappa shape index (κ1) is 30.7. The van der Waals surface area contributed by atoms with Crippen molar-refractivity contribution in [1.82, 2.24) is 10.2 Å². The van der Waals surface area contributed by atoms with Crippen molar-refractivity contribution < 1.29 is 18.0 Å². The van der Waals surface area contributed by atoms with Gasteiger partial charge in [-0.05, 0) is 47.4 Å². The van der Waals surface area contributed by atoms with E-state index in [4.69, 9.17) is 11.6 Å². The van der Waals surface area contributed by atoms with Crippen LogP contribution in [-0.4, -0.2) is 50.5 Å². The van der Waals surface area contributed by atoms with Crippen LogP contribution in [0.4, 0.5) is 5.69 Å². The minimum atomic E-state index is -3.82. The molecule has 0 radical (unpaired) electrons. The van der Waals surface area contributed by atoms with Crippen LogP contribution in [0.15, 0.2) is 83.3 Å². The monoisotopic (exact) mass is 633 g/mol. The fourth-order valence-corrected chi connectivity index (χ4v) is 5.32. The Balaban J connectivity index is 2.05. The number of nitrogens with zero attached hydrogens (tertiary/aromatic N) is 2. The van der Waals surface area contributed by atoms with E-state index in [0.717, 1.165) is 20.6 Å². The third-order valence-electron chi connectivity index (χ3n) is 6.05. The van der Waals surface area contributed by atoms with Crippen molar-refractivity contribution in [2.24, 2.45) is 5.92 Å². The van der Waals surface area contributed by atoms with Gasteiger partial charge >= 0.3 is 0 Å². The van der Waals surface area contributed by atoms with Gasteiger partial charge in [0, 0.05) is 29.0 Å². The van der Waals surface area contributed by atoms with Crippen LogP contribution in [0.1, 0.15) is 25.0 Å². The maximum Gasteiger partial charge on any atom is 0.244 e. The highest BCUT2D eigenvalue weighted by molar-refractivity contribution is 9.10. The molecule has 3 aromatic rings. The molecule has 0 aliphatic rings. The molecule has 0 spiro atoms. The van der Waals surface area contributed by atoms with Crippen LogP contribution in [0.25, 0.3) is 0 Å². The molecular formula is C29H33BrClN3O4S. The Kier molecular flexibility index (Phi) is 11.0. The van der Waals surface area contributed by atoms with E-state index >= 15 is 0 Å². The lowest BCUT2D eigenvalue weighted by Gasteiger charge is -2.34. The summed E-state index contributed by atoms with van der Waals surface area (Å²) in [5.41, 5.74) is 1.86. The van der Waals surface area contributed by atoms with Crippen LogP contribution in [0.2, 0.25) is 5.02 Å². The van der Waals surface area contributed by atoms with Gasteiger partial charge in [-0.3, -0.25) is 13.9 Å². The van der Waals surface area contributed by atoms with Crippen LogP contribution < -0.4 is 9.62 Å². The van der Waals surface area contributed by atoms with E-state index in [-0.39, 0.29) is 24.8 Å². The summed E-state index contributed by atoms with van der Waals surface area (Å²) in [4.78, 5) is 29.0. The predicted molar refractivity (Wildman–Crippen MR) is 160 cm³/mol. The number of benzene rings is 3. The van der Waals surface area contributed by atoms with E-state index in [1.165, 1.54) is 4.90 Å². The van der Waals surface area contributed by atoms with E-state index in [2.05, 4.69) is 21.2 Å². The molecule has 3 aromatic carbocycles. The fourth-order valence-electron chi connectivity index (χ4n) is 4.01. The summed E-state index contributed by atoms with van der Waals surface area (Å²) < 4.78 is 27.4. The van der Waals surface area contributed by atoms with Crippen molar-refractivity contribution in [2.75, 3.05) is 23.7 Å². The Bertz CT molecular complexity index is 1370. The number of carbonyl (C=O) groups excluding carboxylic acids is 2. The smallest absolute Gasteiger partial charge is 0.244 e. The van der Waals surface area contributed by atoms with Crippen LogP contribution in [0.5, 0.6) is 0 Å². The largest absolute Gasteiger partial charge is 0.354 e. The van der Waals surface area contributed by atoms with E-state index < -0.39 is 28.5 Å². The fraction of sp³-hybridized carbons (Fsp3) is 0.310. The summed E-state index contributed by atoms with van der Waals surface area (Å²) in [6, 6.07) is 22.3. The summed E-state index contributed by atoms with van der Waals surface area (Å²) in [6.45, 7) is 3.96. The number of rotatable bonds is 12. The molecule has 0 aliphatic carbocycles. The average Bonchev–Trinajstić information content (AvgIpc) is 2.89. The molecule has 0 fully saturated rings. The van der Waals surface area contributed by atoms with Crippen molar-refractivity contribution in [2.45, 2.75) is 32.9 Å². The van der Waals surface area contributed by atoms with Gasteiger partial charge in [-0.1, -0.05) is 89.9 Å². The van der Waals surface area contributed by atoms with Crippen LogP contribution in [-0.2, 0) is 32.6 Å². The van der Waals surface area contributed by atoms with Crippen molar-refractivity contribution in [3.05, 3.63) is 99.5 Å². The molecule has 0 aromatic heterocycles. The molecule has 0 bridgehead atoms. The summed E-state index contributed by atoms with van der Waals surface area (Å²) in [6.07, 6.45) is 1.30. The van der Waals surface area contributed by atoms with Crippen molar-refractivity contribution in [1.29, 1.82) is 0 Å². The van der Waals surface area contributed by atoms with Gasteiger partial charge in [0.15, 0.2) is 0 Å². The number of carbonyl (C=O) groups is 2. The zero-order valence-corrected chi connectivity index (χ0v) is 25.3. The van der Waals surface area contributed by atoms with Gasteiger partial charge in [-0.2, -0.15) is 0 Å². The Morgan fingerprint density at radius 3 is 2.15 bits per heavy atom. The van der Waals surface area contributed by atoms with E-state index in [1.54, 1.807) is 48.5 Å². The maximum absolute atomic E-state index is 14.0. The number of amides is 2. The second-order valence-corrected chi connectivity index (χ2v) is 12.9. The van der Waals surface area contributed by atoms with Gasteiger partial charge < -0.3 is 10.2 Å². The van der Waals surface area contributed by atoms with Crippen LogP contribution in [0.3, 0.4) is 0 Å². The quantitative estimate of drug-likeness (QED) is 0.294. The number of hydrogen-bond acceptors (Lipinski definition) is 4. The second-order valence-electron chi connectivity index (χ2n) is 9.70. The van der Waals surface area contributed by atoms with Gasteiger partial charge in [-0.25, -0.2) is 8.42 Å².